The quantitative estimate of drug-likeness (QED) is 0.545. The van der Waals surface area contributed by atoms with Gasteiger partial charge in [-0.15, -0.1) is 0 Å². The molecular weight excluding hydrogens is 366 g/mol. The van der Waals surface area contributed by atoms with Crippen LogP contribution >= 0.6 is 0 Å². The molecule has 3 aromatic rings. The molecule has 1 saturated heterocycles. The summed E-state index contributed by atoms with van der Waals surface area (Å²) in [5.41, 5.74) is 3.24. The lowest BCUT2D eigenvalue weighted by molar-refractivity contribution is -0.122. The van der Waals surface area contributed by atoms with E-state index in [0.29, 0.717) is 5.69 Å². The highest BCUT2D eigenvalue weighted by atomic mass is 16.2. The van der Waals surface area contributed by atoms with Gasteiger partial charge in [-0.3, -0.25) is 14.9 Å². The Hall–Kier alpha value is -3.67. The molecule has 6 heteroatoms. The van der Waals surface area contributed by atoms with Gasteiger partial charge in [0.1, 0.15) is 5.57 Å². The van der Waals surface area contributed by atoms with E-state index in [1.54, 1.807) is 18.2 Å². The molecule has 1 aromatic heterocycles. The van der Waals surface area contributed by atoms with Crippen molar-refractivity contribution in [3.63, 3.8) is 0 Å². The van der Waals surface area contributed by atoms with Gasteiger partial charge in [0, 0.05) is 29.2 Å². The van der Waals surface area contributed by atoms with Crippen LogP contribution in [-0.2, 0) is 22.6 Å². The van der Waals surface area contributed by atoms with Crippen LogP contribution in [0.3, 0.4) is 0 Å². The van der Waals surface area contributed by atoms with Gasteiger partial charge >= 0.3 is 6.03 Å². The molecule has 0 spiro atoms. The number of amides is 4. The molecule has 1 aliphatic rings. The monoisotopic (exact) mass is 387 g/mol. The van der Waals surface area contributed by atoms with E-state index in [1.807, 2.05) is 56.4 Å². The second kappa shape index (κ2) is 7.39. The van der Waals surface area contributed by atoms with Gasteiger partial charge in [0.2, 0.25) is 0 Å². The third kappa shape index (κ3) is 3.23. The van der Waals surface area contributed by atoms with Crippen LogP contribution in [0.5, 0.6) is 0 Å². The van der Waals surface area contributed by atoms with Crippen LogP contribution in [0.15, 0.2) is 60.3 Å². The number of carbonyl (C=O) groups excluding carboxylic acids is 3. The summed E-state index contributed by atoms with van der Waals surface area (Å²) in [6.07, 6.45) is 4.33. The fourth-order valence-electron chi connectivity index (χ4n) is 3.58. The Kier molecular flexibility index (Phi) is 4.76. The number of urea groups is 1. The zero-order valence-corrected chi connectivity index (χ0v) is 16.3. The van der Waals surface area contributed by atoms with Gasteiger partial charge in [0.25, 0.3) is 11.8 Å². The van der Waals surface area contributed by atoms with E-state index in [2.05, 4.69) is 9.88 Å². The molecule has 0 saturated carbocycles. The largest absolute Gasteiger partial charge is 0.347 e. The van der Waals surface area contributed by atoms with E-state index in [9.17, 15) is 14.4 Å². The zero-order valence-electron chi connectivity index (χ0n) is 16.3. The summed E-state index contributed by atoms with van der Waals surface area (Å²) in [5.74, 6) is -1.31. The molecule has 1 N–H and O–H groups in total. The first kappa shape index (κ1) is 18.7. The van der Waals surface area contributed by atoms with Gasteiger partial charge in [-0.2, -0.15) is 0 Å². The van der Waals surface area contributed by atoms with Crippen molar-refractivity contribution < 1.29 is 14.4 Å². The van der Waals surface area contributed by atoms with Crippen LogP contribution in [0.2, 0.25) is 0 Å². The van der Waals surface area contributed by atoms with Gasteiger partial charge < -0.3 is 4.57 Å². The van der Waals surface area contributed by atoms with E-state index >= 15 is 0 Å². The number of nitrogens with one attached hydrogen (secondary N) is 1. The SMILES string of the molecule is CCc1ccc(N2C(=O)NC(=O)C(=Cc3cn(CC)c4ccccc34)C2=O)cc1. The van der Waals surface area contributed by atoms with Crippen LogP contribution < -0.4 is 10.2 Å². The highest BCUT2D eigenvalue weighted by molar-refractivity contribution is 6.39. The second-order valence-corrected chi connectivity index (χ2v) is 6.87. The minimum atomic E-state index is -0.739. The first-order chi connectivity index (χ1) is 14.0. The fraction of sp³-hybridized carbons (Fsp3) is 0.174. The predicted molar refractivity (Wildman–Crippen MR) is 112 cm³/mol. The number of imide groups is 2. The van der Waals surface area contributed by atoms with Gasteiger partial charge in [-0.25, -0.2) is 9.69 Å². The molecule has 2 heterocycles. The Labute approximate surface area is 168 Å². The summed E-state index contributed by atoms with van der Waals surface area (Å²) in [5, 5.41) is 3.22. The van der Waals surface area contributed by atoms with Crippen LogP contribution in [0.4, 0.5) is 10.5 Å². The Morgan fingerprint density at radius 2 is 1.69 bits per heavy atom. The van der Waals surface area contributed by atoms with Crippen molar-refractivity contribution in [2.75, 3.05) is 4.90 Å². The number of hydrogen-bond acceptors (Lipinski definition) is 3. The molecule has 1 fully saturated rings. The zero-order chi connectivity index (χ0) is 20.5. The van der Waals surface area contributed by atoms with Gasteiger partial charge in [0.05, 0.1) is 5.69 Å². The normalized spacial score (nSPS) is 16.0. The molecule has 4 rings (SSSR count). The van der Waals surface area contributed by atoms with E-state index < -0.39 is 17.8 Å². The smallest absolute Gasteiger partial charge is 0.335 e. The number of anilines is 1. The first-order valence-electron chi connectivity index (χ1n) is 9.61. The molecular formula is C23H21N3O3. The van der Waals surface area contributed by atoms with Crippen molar-refractivity contribution >= 4 is 40.5 Å². The second-order valence-electron chi connectivity index (χ2n) is 6.87. The Balaban J connectivity index is 1.78. The maximum absolute atomic E-state index is 13.1. The highest BCUT2D eigenvalue weighted by Crippen LogP contribution is 2.26. The van der Waals surface area contributed by atoms with Crippen LogP contribution in [0, 0.1) is 0 Å². The molecule has 0 atom stereocenters. The number of benzene rings is 2. The number of barbiturate groups is 1. The molecule has 6 nitrogen and oxygen atoms in total. The van der Waals surface area contributed by atoms with Crippen LogP contribution in [-0.4, -0.2) is 22.4 Å². The molecule has 0 unspecified atom stereocenters. The topological polar surface area (TPSA) is 71.4 Å². The van der Waals surface area contributed by atoms with Crippen molar-refractivity contribution in [2.24, 2.45) is 0 Å². The minimum absolute atomic E-state index is 0.0665. The van der Waals surface area contributed by atoms with Crippen molar-refractivity contribution in [1.82, 2.24) is 9.88 Å². The molecule has 0 radical (unpaired) electrons. The molecule has 4 amide bonds. The number of aryl methyl sites for hydroxylation is 2. The molecule has 2 aromatic carbocycles. The minimum Gasteiger partial charge on any atom is -0.347 e. The average molecular weight is 387 g/mol. The standard InChI is InChI=1S/C23H21N3O3/c1-3-15-9-11-17(12-10-15)26-22(28)19(21(27)24-23(26)29)13-16-14-25(4-2)20-8-6-5-7-18(16)20/h5-14H,3-4H2,1-2H3,(H,24,27,29). The van der Waals surface area contributed by atoms with Crippen LogP contribution in [0.25, 0.3) is 17.0 Å². The van der Waals surface area contributed by atoms with Crippen molar-refractivity contribution in [1.29, 1.82) is 0 Å². The van der Waals surface area contributed by atoms with E-state index in [0.717, 1.165) is 39.9 Å². The first-order valence-corrected chi connectivity index (χ1v) is 9.61. The third-order valence-electron chi connectivity index (χ3n) is 5.16. The number of hydrogen-bond donors (Lipinski definition) is 1. The number of aromatic nitrogens is 1. The number of carbonyl (C=O) groups is 3. The number of fused-ring (bicyclic) bond motifs is 1. The number of nitrogens with zero attached hydrogens (tertiary/aromatic N) is 2. The lowest BCUT2D eigenvalue weighted by Crippen LogP contribution is -2.54. The highest BCUT2D eigenvalue weighted by Gasteiger charge is 2.36. The predicted octanol–water partition coefficient (Wildman–Crippen LogP) is 3.89. The average Bonchev–Trinajstić information content (AvgIpc) is 3.09. The molecule has 0 aliphatic carbocycles. The maximum Gasteiger partial charge on any atom is 0.335 e. The van der Waals surface area contributed by atoms with Crippen LogP contribution in [0.1, 0.15) is 25.0 Å². The van der Waals surface area contributed by atoms with Gasteiger partial charge in [-0.1, -0.05) is 37.3 Å². The lowest BCUT2D eigenvalue weighted by Gasteiger charge is -2.26. The fourth-order valence-corrected chi connectivity index (χ4v) is 3.58. The summed E-state index contributed by atoms with van der Waals surface area (Å²) < 4.78 is 2.05. The summed E-state index contributed by atoms with van der Waals surface area (Å²) in [4.78, 5) is 38.9. The van der Waals surface area contributed by atoms with E-state index in [-0.39, 0.29) is 5.57 Å². The van der Waals surface area contributed by atoms with Crippen molar-refractivity contribution in [2.45, 2.75) is 26.8 Å². The van der Waals surface area contributed by atoms with E-state index in [1.165, 1.54) is 0 Å². The molecule has 29 heavy (non-hydrogen) atoms. The van der Waals surface area contributed by atoms with Crippen molar-refractivity contribution in [3.8, 4) is 0 Å². The van der Waals surface area contributed by atoms with Crippen molar-refractivity contribution in [3.05, 3.63) is 71.4 Å². The third-order valence-corrected chi connectivity index (χ3v) is 5.16. The Morgan fingerprint density at radius 3 is 2.38 bits per heavy atom. The lowest BCUT2D eigenvalue weighted by atomic mass is 10.1. The number of rotatable bonds is 4. The summed E-state index contributed by atoms with van der Waals surface area (Å²) in [6, 6.07) is 14.2. The molecule has 146 valence electrons. The Bertz CT molecular complexity index is 1160. The summed E-state index contributed by atoms with van der Waals surface area (Å²) >= 11 is 0. The van der Waals surface area contributed by atoms with Gasteiger partial charge in [-0.05, 0) is 43.2 Å². The molecule has 1 aliphatic heterocycles. The van der Waals surface area contributed by atoms with E-state index in [4.69, 9.17) is 0 Å². The Morgan fingerprint density at radius 1 is 0.966 bits per heavy atom. The van der Waals surface area contributed by atoms with Gasteiger partial charge in [0.15, 0.2) is 0 Å². The maximum atomic E-state index is 13.1. The number of para-hydroxylation sites is 1. The molecule has 0 bridgehead atoms. The summed E-state index contributed by atoms with van der Waals surface area (Å²) in [6.45, 7) is 4.82. The summed E-state index contributed by atoms with van der Waals surface area (Å²) in [7, 11) is 0.